The van der Waals surface area contributed by atoms with Crippen LogP contribution in [0.4, 0.5) is 0 Å². The van der Waals surface area contributed by atoms with Crippen molar-refractivity contribution in [1.29, 1.82) is 0 Å². The van der Waals surface area contributed by atoms with E-state index in [9.17, 15) is 13.2 Å². The fourth-order valence-corrected chi connectivity index (χ4v) is 4.12. The lowest BCUT2D eigenvalue weighted by molar-refractivity contribution is 0.108. The van der Waals surface area contributed by atoms with Gasteiger partial charge in [-0.25, -0.2) is 8.42 Å². The van der Waals surface area contributed by atoms with E-state index < -0.39 is 15.1 Å². The highest BCUT2D eigenvalue weighted by Gasteiger charge is 2.25. The topological polar surface area (TPSA) is 60.4 Å². The second-order valence-electron chi connectivity index (χ2n) is 4.90. The summed E-state index contributed by atoms with van der Waals surface area (Å²) < 4.78 is 29.8. The first kappa shape index (κ1) is 17.1. The van der Waals surface area contributed by atoms with Crippen molar-refractivity contribution in [3.8, 4) is 0 Å². The molecule has 0 spiro atoms. The number of sulfone groups is 1. The van der Waals surface area contributed by atoms with Crippen molar-refractivity contribution >= 4 is 26.7 Å². The zero-order chi connectivity index (χ0) is 15.5. The van der Waals surface area contributed by atoms with Gasteiger partial charge in [0.25, 0.3) is 5.24 Å². The maximum absolute atomic E-state index is 12.5. The highest BCUT2D eigenvalue weighted by Crippen LogP contribution is 2.30. The van der Waals surface area contributed by atoms with Gasteiger partial charge in [-0.15, -0.1) is 0 Å². The van der Waals surface area contributed by atoms with Gasteiger partial charge in [-0.2, -0.15) is 0 Å². The summed E-state index contributed by atoms with van der Waals surface area (Å²) in [6.45, 7) is 5.54. The monoisotopic (exact) mass is 318 g/mol. The predicted molar refractivity (Wildman–Crippen MR) is 79.4 cm³/mol. The Morgan fingerprint density at radius 2 is 1.95 bits per heavy atom. The van der Waals surface area contributed by atoms with E-state index in [1.165, 1.54) is 7.11 Å². The van der Waals surface area contributed by atoms with Gasteiger partial charge in [-0.05, 0) is 41.6 Å². The number of benzene rings is 1. The highest BCUT2D eigenvalue weighted by molar-refractivity contribution is 7.91. The van der Waals surface area contributed by atoms with Crippen molar-refractivity contribution in [3.63, 3.8) is 0 Å². The molecular formula is C14H19ClO4S. The van der Waals surface area contributed by atoms with Gasteiger partial charge in [0.2, 0.25) is 0 Å². The molecule has 4 nitrogen and oxygen atoms in total. The first-order chi connectivity index (χ1) is 9.22. The molecule has 0 heterocycles. The van der Waals surface area contributed by atoms with Gasteiger partial charge in [-0.1, -0.05) is 19.9 Å². The largest absolute Gasteiger partial charge is 0.384 e. The van der Waals surface area contributed by atoms with Gasteiger partial charge in [0.15, 0.2) is 9.84 Å². The summed E-state index contributed by atoms with van der Waals surface area (Å²) >= 11 is 5.51. The third-order valence-electron chi connectivity index (χ3n) is 3.14. The number of ether oxygens (including phenoxy) is 1. The predicted octanol–water partition coefficient (Wildman–Crippen LogP) is 2.92. The maximum Gasteiger partial charge on any atom is 0.252 e. The van der Waals surface area contributed by atoms with Crippen LogP contribution < -0.4 is 0 Å². The Morgan fingerprint density at radius 1 is 1.35 bits per heavy atom. The third-order valence-corrected chi connectivity index (χ3v) is 5.21. The first-order valence-electron chi connectivity index (χ1n) is 6.27. The molecule has 6 heteroatoms. The molecule has 0 saturated heterocycles. The molecule has 0 aromatic heterocycles. The molecule has 0 radical (unpaired) electrons. The molecule has 0 aliphatic rings. The average Bonchev–Trinajstić information content (AvgIpc) is 2.35. The Hall–Kier alpha value is -0.910. The summed E-state index contributed by atoms with van der Waals surface area (Å²) in [5, 5.41) is -0.652. The van der Waals surface area contributed by atoms with Gasteiger partial charge in [0, 0.05) is 12.7 Å². The maximum atomic E-state index is 12.5. The SMILES string of the molecule is COCCS(=O)(=O)c1c(C(C)C)ccc(C(=O)Cl)c1C. The van der Waals surface area contributed by atoms with Crippen molar-refractivity contribution in [2.75, 3.05) is 19.5 Å². The fourth-order valence-electron chi connectivity index (χ4n) is 2.09. The van der Waals surface area contributed by atoms with Crippen LogP contribution in [0.25, 0.3) is 0 Å². The Bertz CT molecular complexity index is 606. The summed E-state index contributed by atoms with van der Waals surface area (Å²) in [6.07, 6.45) is 0. The van der Waals surface area contributed by atoms with Gasteiger partial charge in [0.05, 0.1) is 17.3 Å². The molecular weight excluding hydrogens is 300 g/mol. The molecule has 20 heavy (non-hydrogen) atoms. The minimum Gasteiger partial charge on any atom is -0.384 e. The van der Waals surface area contributed by atoms with Crippen LogP contribution in [-0.2, 0) is 14.6 Å². The molecule has 0 bridgehead atoms. The molecule has 0 atom stereocenters. The van der Waals surface area contributed by atoms with E-state index >= 15 is 0 Å². The average molecular weight is 319 g/mol. The number of hydrogen-bond donors (Lipinski definition) is 0. The minimum atomic E-state index is -3.52. The molecule has 1 rings (SSSR count). The molecule has 0 unspecified atom stereocenters. The Balaban J connectivity index is 3.55. The smallest absolute Gasteiger partial charge is 0.252 e. The molecule has 0 fully saturated rings. The van der Waals surface area contributed by atoms with E-state index in [4.69, 9.17) is 16.3 Å². The second-order valence-corrected chi connectivity index (χ2v) is 7.29. The quantitative estimate of drug-likeness (QED) is 0.757. The number of rotatable bonds is 6. The van der Waals surface area contributed by atoms with Crippen LogP contribution in [0.3, 0.4) is 0 Å². The summed E-state index contributed by atoms with van der Waals surface area (Å²) in [7, 11) is -2.07. The Labute approximate surface area is 125 Å². The highest BCUT2D eigenvalue weighted by atomic mass is 35.5. The molecule has 0 aliphatic heterocycles. The molecule has 1 aromatic carbocycles. The minimum absolute atomic E-state index is 0.0282. The lowest BCUT2D eigenvalue weighted by Crippen LogP contribution is -2.17. The molecule has 0 aliphatic carbocycles. The van der Waals surface area contributed by atoms with E-state index in [-0.39, 0.29) is 28.7 Å². The lowest BCUT2D eigenvalue weighted by atomic mass is 9.98. The molecule has 0 amide bonds. The zero-order valence-corrected chi connectivity index (χ0v) is 13.6. The van der Waals surface area contributed by atoms with Crippen LogP contribution in [0.15, 0.2) is 17.0 Å². The van der Waals surface area contributed by atoms with Gasteiger partial charge < -0.3 is 4.74 Å². The Kier molecular flexibility index (Phi) is 5.74. The van der Waals surface area contributed by atoms with Gasteiger partial charge in [0.1, 0.15) is 0 Å². The van der Waals surface area contributed by atoms with E-state index in [1.807, 2.05) is 13.8 Å². The van der Waals surface area contributed by atoms with Crippen molar-refractivity contribution in [3.05, 3.63) is 28.8 Å². The van der Waals surface area contributed by atoms with Crippen LogP contribution in [0.1, 0.15) is 41.3 Å². The number of methoxy groups -OCH3 is 1. The standard InChI is InChI=1S/C14H19ClO4S/c1-9(2)11-5-6-12(14(15)16)10(3)13(11)20(17,18)8-7-19-4/h5-6,9H,7-8H2,1-4H3. The normalized spacial score (nSPS) is 11.9. The first-order valence-corrected chi connectivity index (χ1v) is 8.30. The number of carbonyl (C=O) groups excluding carboxylic acids is 1. The summed E-state index contributed by atoms with van der Waals surface area (Å²) in [5.41, 5.74) is 1.33. The van der Waals surface area contributed by atoms with Crippen LogP contribution in [0.2, 0.25) is 0 Å². The number of hydrogen-bond acceptors (Lipinski definition) is 4. The summed E-state index contributed by atoms with van der Waals surface area (Å²) in [5.74, 6) is -0.0928. The molecule has 112 valence electrons. The molecule has 0 saturated carbocycles. The lowest BCUT2D eigenvalue weighted by Gasteiger charge is -2.17. The van der Waals surface area contributed by atoms with Gasteiger partial charge in [-0.3, -0.25) is 4.79 Å². The van der Waals surface area contributed by atoms with Crippen molar-refractivity contribution in [2.45, 2.75) is 31.6 Å². The number of carbonyl (C=O) groups is 1. The van der Waals surface area contributed by atoms with E-state index in [1.54, 1.807) is 19.1 Å². The summed E-state index contributed by atoms with van der Waals surface area (Å²) in [6, 6.07) is 3.24. The van der Waals surface area contributed by atoms with Crippen molar-refractivity contribution in [1.82, 2.24) is 0 Å². The molecule has 1 aromatic rings. The van der Waals surface area contributed by atoms with Crippen LogP contribution in [0, 0.1) is 6.92 Å². The van der Waals surface area contributed by atoms with Crippen molar-refractivity contribution < 1.29 is 17.9 Å². The second kappa shape index (κ2) is 6.70. The van der Waals surface area contributed by atoms with Crippen LogP contribution in [-0.4, -0.2) is 33.1 Å². The van der Waals surface area contributed by atoms with Gasteiger partial charge >= 0.3 is 0 Å². The van der Waals surface area contributed by atoms with E-state index in [0.717, 1.165) is 0 Å². The number of halogens is 1. The summed E-state index contributed by atoms with van der Waals surface area (Å²) in [4.78, 5) is 11.6. The Morgan fingerprint density at radius 3 is 2.40 bits per heavy atom. The van der Waals surface area contributed by atoms with Crippen LogP contribution in [0.5, 0.6) is 0 Å². The van der Waals surface area contributed by atoms with Crippen LogP contribution >= 0.6 is 11.6 Å². The third kappa shape index (κ3) is 3.59. The van der Waals surface area contributed by atoms with E-state index in [2.05, 4.69) is 0 Å². The molecule has 0 N–H and O–H groups in total. The fraction of sp³-hybridized carbons (Fsp3) is 0.500. The zero-order valence-electron chi connectivity index (χ0n) is 12.1. The van der Waals surface area contributed by atoms with E-state index in [0.29, 0.717) is 11.1 Å². The van der Waals surface area contributed by atoms with Crippen molar-refractivity contribution in [2.24, 2.45) is 0 Å².